The number of nitrogens with zero attached hydrogens (tertiary/aromatic N) is 3. The van der Waals surface area contributed by atoms with Gasteiger partial charge in [-0.3, -0.25) is 14.3 Å². The highest BCUT2D eigenvalue weighted by Crippen LogP contribution is 2.27. The van der Waals surface area contributed by atoms with Crippen molar-refractivity contribution in [3.8, 4) is 11.3 Å². The molecule has 0 fully saturated rings. The normalized spacial score (nSPS) is 16.9. The summed E-state index contributed by atoms with van der Waals surface area (Å²) in [5.41, 5.74) is 2.07. The molecule has 1 amide bonds. The average molecular weight is 348 g/mol. The molecule has 24 heavy (non-hydrogen) atoms. The van der Waals surface area contributed by atoms with Gasteiger partial charge in [-0.1, -0.05) is 23.7 Å². The van der Waals surface area contributed by atoms with Crippen LogP contribution in [-0.2, 0) is 9.53 Å². The van der Waals surface area contributed by atoms with Gasteiger partial charge in [0.1, 0.15) is 12.2 Å². The Morgan fingerprint density at radius 2 is 2.08 bits per heavy atom. The lowest BCUT2D eigenvalue weighted by Gasteiger charge is -2.30. The number of ether oxygens (including phenoxy) is 1. The Bertz CT molecular complexity index is 770. The molecule has 0 spiro atoms. The molecule has 0 unspecified atom stereocenters. The van der Waals surface area contributed by atoms with E-state index in [1.54, 1.807) is 29.8 Å². The van der Waals surface area contributed by atoms with E-state index in [-0.39, 0.29) is 18.5 Å². The van der Waals surface area contributed by atoms with E-state index in [1.807, 2.05) is 19.1 Å². The summed E-state index contributed by atoms with van der Waals surface area (Å²) in [5.74, 6) is -0.613. The van der Waals surface area contributed by atoms with Gasteiger partial charge >= 0.3 is 5.97 Å². The van der Waals surface area contributed by atoms with E-state index < -0.39 is 5.97 Å². The first kappa shape index (κ1) is 16.5. The summed E-state index contributed by atoms with van der Waals surface area (Å²) in [7, 11) is 0. The van der Waals surface area contributed by atoms with Gasteiger partial charge in [0.05, 0.1) is 18.3 Å². The van der Waals surface area contributed by atoms with Crippen molar-refractivity contribution in [2.24, 2.45) is 0 Å². The summed E-state index contributed by atoms with van der Waals surface area (Å²) in [6.45, 7) is 4.39. The minimum atomic E-state index is -0.399. The molecule has 1 aromatic carbocycles. The Balaban J connectivity index is 1.88. The molecular weight excluding hydrogens is 330 g/mol. The third-order valence-corrected chi connectivity index (χ3v) is 4.16. The topological polar surface area (TPSA) is 64.4 Å². The second kappa shape index (κ2) is 6.65. The van der Waals surface area contributed by atoms with E-state index in [2.05, 4.69) is 5.10 Å². The molecule has 0 N–H and O–H groups in total. The zero-order valence-electron chi connectivity index (χ0n) is 13.5. The standard InChI is InChI=1S/C17H18ClN3O3/c1-3-24-16(22)10-20-9-11(2)21-15(17(20)23)8-14(19-21)12-4-6-13(18)7-5-12/h4-8,11H,3,9-10H2,1-2H3/t11-/m0/s1. The molecule has 1 aromatic heterocycles. The van der Waals surface area contributed by atoms with Crippen LogP contribution in [0.25, 0.3) is 11.3 Å². The zero-order chi connectivity index (χ0) is 17.3. The first-order chi connectivity index (χ1) is 11.5. The maximum Gasteiger partial charge on any atom is 0.325 e. The maximum atomic E-state index is 12.6. The fourth-order valence-electron chi connectivity index (χ4n) is 2.79. The van der Waals surface area contributed by atoms with Gasteiger partial charge in [-0.2, -0.15) is 5.10 Å². The number of halogens is 1. The average Bonchev–Trinajstić information content (AvgIpc) is 2.99. The van der Waals surface area contributed by atoms with Crippen molar-refractivity contribution >= 4 is 23.5 Å². The summed E-state index contributed by atoms with van der Waals surface area (Å²) in [6.07, 6.45) is 0. The Labute approximate surface area is 145 Å². The summed E-state index contributed by atoms with van der Waals surface area (Å²) in [6, 6.07) is 9.03. The van der Waals surface area contributed by atoms with Gasteiger partial charge in [-0.05, 0) is 32.0 Å². The highest BCUT2D eigenvalue weighted by molar-refractivity contribution is 6.30. The quantitative estimate of drug-likeness (QED) is 0.798. The molecule has 0 saturated carbocycles. The van der Waals surface area contributed by atoms with Crippen molar-refractivity contribution in [1.82, 2.24) is 14.7 Å². The van der Waals surface area contributed by atoms with E-state index >= 15 is 0 Å². The van der Waals surface area contributed by atoms with E-state index in [9.17, 15) is 9.59 Å². The molecule has 0 bridgehead atoms. The van der Waals surface area contributed by atoms with Crippen molar-refractivity contribution < 1.29 is 14.3 Å². The van der Waals surface area contributed by atoms with Crippen LogP contribution in [0.15, 0.2) is 30.3 Å². The number of rotatable bonds is 4. The van der Waals surface area contributed by atoms with Crippen LogP contribution in [0.5, 0.6) is 0 Å². The SMILES string of the molecule is CCOC(=O)CN1C[C@H](C)n2nc(-c3ccc(Cl)cc3)cc2C1=O. The third kappa shape index (κ3) is 3.14. The molecule has 0 saturated heterocycles. The first-order valence-corrected chi connectivity index (χ1v) is 8.17. The fraction of sp³-hybridized carbons (Fsp3) is 0.353. The highest BCUT2D eigenvalue weighted by atomic mass is 35.5. The molecule has 1 atom stereocenters. The van der Waals surface area contributed by atoms with Crippen molar-refractivity contribution in [3.63, 3.8) is 0 Å². The predicted molar refractivity (Wildman–Crippen MR) is 89.9 cm³/mol. The van der Waals surface area contributed by atoms with Crippen LogP contribution < -0.4 is 0 Å². The fourth-order valence-corrected chi connectivity index (χ4v) is 2.92. The number of amides is 1. The van der Waals surface area contributed by atoms with E-state index in [1.165, 1.54) is 4.90 Å². The number of fused-ring (bicyclic) bond motifs is 1. The van der Waals surface area contributed by atoms with Gasteiger partial charge < -0.3 is 9.64 Å². The van der Waals surface area contributed by atoms with Crippen LogP contribution in [0.2, 0.25) is 5.02 Å². The summed E-state index contributed by atoms with van der Waals surface area (Å²) >= 11 is 5.91. The lowest BCUT2D eigenvalue weighted by molar-refractivity contribution is -0.144. The molecule has 1 aliphatic rings. The number of carbonyl (C=O) groups is 2. The molecule has 1 aliphatic heterocycles. The largest absolute Gasteiger partial charge is 0.465 e. The van der Waals surface area contributed by atoms with Crippen molar-refractivity contribution in [2.45, 2.75) is 19.9 Å². The van der Waals surface area contributed by atoms with Gasteiger partial charge in [-0.15, -0.1) is 0 Å². The number of hydrogen-bond acceptors (Lipinski definition) is 4. The molecule has 2 aromatic rings. The number of benzene rings is 1. The second-order valence-electron chi connectivity index (χ2n) is 5.71. The first-order valence-electron chi connectivity index (χ1n) is 7.80. The Kier molecular flexibility index (Phi) is 4.57. The second-order valence-corrected chi connectivity index (χ2v) is 6.14. The molecule has 0 aliphatic carbocycles. The minimum Gasteiger partial charge on any atom is -0.465 e. The third-order valence-electron chi connectivity index (χ3n) is 3.91. The van der Waals surface area contributed by atoms with Gasteiger partial charge in [0, 0.05) is 17.1 Å². The molecule has 126 valence electrons. The van der Waals surface area contributed by atoms with Crippen molar-refractivity contribution in [1.29, 1.82) is 0 Å². The van der Waals surface area contributed by atoms with Gasteiger partial charge in [0.25, 0.3) is 5.91 Å². The number of aromatic nitrogens is 2. The van der Waals surface area contributed by atoms with Gasteiger partial charge in [0.2, 0.25) is 0 Å². The summed E-state index contributed by atoms with van der Waals surface area (Å²) in [4.78, 5) is 25.8. The lowest BCUT2D eigenvalue weighted by Crippen LogP contribution is -2.45. The number of esters is 1. The van der Waals surface area contributed by atoms with Crippen LogP contribution >= 0.6 is 11.6 Å². The summed E-state index contributed by atoms with van der Waals surface area (Å²) in [5, 5.41) is 5.19. The van der Waals surface area contributed by atoms with Crippen LogP contribution in [0.4, 0.5) is 0 Å². The highest BCUT2D eigenvalue weighted by Gasteiger charge is 2.32. The van der Waals surface area contributed by atoms with E-state index in [0.29, 0.717) is 29.6 Å². The van der Waals surface area contributed by atoms with E-state index in [0.717, 1.165) is 5.56 Å². The van der Waals surface area contributed by atoms with Crippen LogP contribution in [-0.4, -0.2) is 46.3 Å². The van der Waals surface area contributed by atoms with Gasteiger partial charge in [-0.25, -0.2) is 0 Å². The molecule has 6 nitrogen and oxygen atoms in total. The Morgan fingerprint density at radius 3 is 2.75 bits per heavy atom. The maximum absolute atomic E-state index is 12.6. The Hall–Kier alpha value is -2.34. The van der Waals surface area contributed by atoms with Gasteiger partial charge in [0.15, 0.2) is 0 Å². The molecular formula is C17H18ClN3O3. The predicted octanol–water partition coefficient (Wildman–Crippen LogP) is 2.78. The zero-order valence-corrected chi connectivity index (χ0v) is 14.3. The van der Waals surface area contributed by atoms with Crippen LogP contribution in [0.3, 0.4) is 0 Å². The van der Waals surface area contributed by atoms with Crippen molar-refractivity contribution in [2.75, 3.05) is 19.7 Å². The molecule has 0 radical (unpaired) electrons. The van der Waals surface area contributed by atoms with E-state index in [4.69, 9.17) is 16.3 Å². The smallest absolute Gasteiger partial charge is 0.325 e. The lowest BCUT2D eigenvalue weighted by atomic mass is 10.1. The summed E-state index contributed by atoms with van der Waals surface area (Å²) < 4.78 is 6.65. The minimum absolute atomic E-state index is 0.0202. The molecule has 7 heteroatoms. The molecule has 2 heterocycles. The van der Waals surface area contributed by atoms with Crippen molar-refractivity contribution in [3.05, 3.63) is 41.0 Å². The monoisotopic (exact) mass is 347 g/mol. The molecule has 3 rings (SSSR count). The van der Waals surface area contributed by atoms with Crippen LogP contribution in [0, 0.1) is 0 Å². The number of carbonyl (C=O) groups excluding carboxylic acids is 2. The van der Waals surface area contributed by atoms with Crippen LogP contribution in [0.1, 0.15) is 30.4 Å². The Morgan fingerprint density at radius 1 is 1.38 bits per heavy atom. The number of hydrogen-bond donors (Lipinski definition) is 0.